The summed E-state index contributed by atoms with van der Waals surface area (Å²) in [4.78, 5) is 0. The van der Waals surface area contributed by atoms with E-state index >= 15 is 0 Å². The van der Waals surface area contributed by atoms with E-state index in [2.05, 4.69) is 6.08 Å². The number of nitrogens with zero attached hydrogens (tertiary/aromatic N) is 1. The zero-order valence-electron chi connectivity index (χ0n) is 22.1. The van der Waals surface area contributed by atoms with Gasteiger partial charge in [-0.1, -0.05) is 12.2 Å². The van der Waals surface area contributed by atoms with Gasteiger partial charge >= 0.3 is 0 Å². The van der Waals surface area contributed by atoms with Crippen molar-refractivity contribution in [3.8, 4) is 6.07 Å². The zero-order chi connectivity index (χ0) is 27.1. The second-order valence-electron chi connectivity index (χ2n) is 10.9. The molecule has 0 spiro atoms. The third-order valence-corrected chi connectivity index (χ3v) is 8.48. The third-order valence-electron chi connectivity index (χ3n) is 8.48. The van der Waals surface area contributed by atoms with E-state index in [1.54, 1.807) is 6.07 Å². The lowest BCUT2D eigenvalue weighted by Crippen LogP contribution is -2.21. The maximum atomic E-state index is 15.0. The molecule has 2 aliphatic carbocycles. The van der Waals surface area contributed by atoms with Crippen LogP contribution in [0.4, 0.5) is 17.6 Å². The van der Waals surface area contributed by atoms with Gasteiger partial charge in [0.05, 0.1) is 12.7 Å². The Bertz CT molecular complexity index is 1110. The fourth-order valence-electron chi connectivity index (χ4n) is 6.20. The van der Waals surface area contributed by atoms with Gasteiger partial charge in [-0.3, -0.25) is 0 Å². The number of hydrogen-bond acceptors (Lipinski definition) is 2. The minimum absolute atomic E-state index is 0.0319. The molecule has 2 aromatic carbocycles. The van der Waals surface area contributed by atoms with Crippen LogP contribution >= 0.6 is 0 Å². The highest BCUT2D eigenvalue weighted by Crippen LogP contribution is 2.39. The van der Waals surface area contributed by atoms with Crippen molar-refractivity contribution in [3.63, 3.8) is 0 Å². The van der Waals surface area contributed by atoms with Gasteiger partial charge in [0.25, 0.3) is 0 Å². The molecule has 0 unspecified atom stereocenters. The fraction of sp³-hybridized carbons (Fsp3) is 0.531. The molecule has 0 aromatic heterocycles. The minimum Gasteiger partial charge on any atom is -0.378 e. The van der Waals surface area contributed by atoms with Crippen molar-refractivity contribution in [2.24, 2.45) is 5.92 Å². The lowest BCUT2D eigenvalue weighted by molar-refractivity contribution is 0.0273. The van der Waals surface area contributed by atoms with Crippen LogP contribution < -0.4 is 0 Å². The van der Waals surface area contributed by atoms with Gasteiger partial charge in [0.1, 0.15) is 34.9 Å². The lowest BCUT2D eigenvalue weighted by atomic mass is 9.76. The monoisotopic (exact) mass is 527 g/mol. The number of nitriles is 1. The Labute approximate surface area is 223 Å². The maximum absolute atomic E-state index is 15.0. The first-order valence-electron chi connectivity index (χ1n) is 14.0. The molecule has 2 aliphatic rings. The molecule has 2 aromatic rings. The van der Waals surface area contributed by atoms with Crippen molar-refractivity contribution in [1.29, 1.82) is 5.26 Å². The summed E-state index contributed by atoms with van der Waals surface area (Å²) in [6, 6.07) is 7.15. The van der Waals surface area contributed by atoms with Gasteiger partial charge in [-0.05, 0) is 131 Å². The molecule has 0 saturated heterocycles. The van der Waals surface area contributed by atoms with Crippen molar-refractivity contribution in [2.75, 3.05) is 6.61 Å². The Morgan fingerprint density at radius 2 is 1.34 bits per heavy atom. The Morgan fingerprint density at radius 1 is 0.816 bits per heavy atom. The van der Waals surface area contributed by atoms with Crippen molar-refractivity contribution in [2.45, 2.75) is 95.5 Å². The highest BCUT2D eigenvalue weighted by atomic mass is 19.1. The van der Waals surface area contributed by atoms with Gasteiger partial charge in [0, 0.05) is 5.56 Å². The van der Waals surface area contributed by atoms with Gasteiger partial charge in [0.15, 0.2) is 0 Å². The van der Waals surface area contributed by atoms with E-state index in [0.717, 1.165) is 63.4 Å². The summed E-state index contributed by atoms with van der Waals surface area (Å²) in [6.45, 7) is 2.71. The Hall–Kier alpha value is -2.65. The third kappa shape index (κ3) is 7.05. The first kappa shape index (κ1) is 28.4. The van der Waals surface area contributed by atoms with Gasteiger partial charge < -0.3 is 4.74 Å². The smallest absolute Gasteiger partial charge is 0.144 e. The molecule has 0 atom stereocenters. The van der Waals surface area contributed by atoms with Gasteiger partial charge in [-0.15, -0.1) is 0 Å². The molecule has 2 nitrogen and oxygen atoms in total. The number of halogens is 4. The van der Waals surface area contributed by atoms with Crippen LogP contribution in [0.3, 0.4) is 0 Å². The second-order valence-corrected chi connectivity index (χ2v) is 10.9. The second kappa shape index (κ2) is 13.4. The molecule has 0 radical (unpaired) electrons. The molecule has 0 aliphatic heterocycles. The molecule has 2 fully saturated rings. The molecule has 38 heavy (non-hydrogen) atoms. The quantitative estimate of drug-likeness (QED) is 0.185. The largest absolute Gasteiger partial charge is 0.378 e. The SMILES string of the molecule is C/C=C/CCOC1CCC(c2cc(F)c(CCC3CCC(c4cc(F)c(C#N)c(F)c4)CC3)c(F)c2)CC1. The van der Waals surface area contributed by atoms with Crippen LogP contribution in [0.5, 0.6) is 0 Å². The molecular formula is C32H37F4NO. The summed E-state index contributed by atoms with van der Waals surface area (Å²) in [5.41, 5.74) is 0.945. The average Bonchev–Trinajstić information content (AvgIpc) is 2.91. The van der Waals surface area contributed by atoms with E-state index in [0.29, 0.717) is 30.9 Å². The number of ether oxygens (including phenoxy) is 1. The standard InChI is InChI=1S/C32H37F4NO/c1-2-3-4-15-38-26-12-10-23(11-13-26)24-16-29(33)27(30(34)17-24)14-7-21-5-8-22(9-6-21)25-18-31(35)28(20-37)32(36)19-25/h2-3,16-19,21-23,26H,4-15H2,1H3/b3-2+. The molecule has 0 amide bonds. The van der Waals surface area contributed by atoms with Crippen molar-refractivity contribution in [3.05, 3.63) is 81.9 Å². The van der Waals surface area contributed by atoms with Crippen LogP contribution in [-0.2, 0) is 11.2 Å². The van der Waals surface area contributed by atoms with Gasteiger partial charge in [-0.2, -0.15) is 5.26 Å². The van der Waals surface area contributed by atoms with Crippen LogP contribution in [-0.4, -0.2) is 12.7 Å². The van der Waals surface area contributed by atoms with Gasteiger partial charge in [-0.25, -0.2) is 17.6 Å². The first-order chi connectivity index (χ1) is 18.4. The van der Waals surface area contributed by atoms with Crippen molar-refractivity contribution in [1.82, 2.24) is 0 Å². The van der Waals surface area contributed by atoms with Crippen LogP contribution in [0, 0.1) is 40.5 Å². The van der Waals surface area contributed by atoms with Crippen LogP contribution in [0.15, 0.2) is 36.4 Å². The predicted octanol–water partition coefficient (Wildman–Crippen LogP) is 9.03. The Kier molecular flexibility index (Phi) is 10.0. The van der Waals surface area contributed by atoms with E-state index in [1.807, 2.05) is 13.0 Å². The molecule has 204 valence electrons. The Balaban J connectivity index is 1.26. The number of benzene rings is 2. The van der Waals surface area contributed by atoms with Crippen molar-refractivity contribution >= 4 is 0 Å². The van der Waals surface area contributed by atoms with E-state index < -0.39 is 28.8 Å². The molecular weight excluding hydrogens is 490 g/mol. The summed E-state index contributed by atoms with van der Waals surface area (Å²) < 4.78 is 64.0. The average molecular weight is 528 g/mol. The molecule has 2 saturated carbocycles. The minimum atomic E-state index is -0.819. The number of hydrogen-bond donors (Lipinski definition) is 0. The predicted molar refractivity (Wildman–Crippen MR) is 141 cm³/mol. The van der Waals surface area contributed by atoms with E-state index in [9.17, 15) is 17.6 Å². The van der Waals surface area contributed by atoms with E-state index in [4.69, 9.17) is 10.00 Å². The molecule has 4 rings (SSSR count). The molecule has 0 heterocycles. The topological polar surface area (TPSA) is 33.0 Å². The first-order valence-corrected chi connectivity index (χ1v) is 14.0. The summed E-state index contributed by atoms with van der Waals surface area (Å²) in [5, 5.41) is 8.87. The van der Waals surface area contributed by atoms with E-state index in [-0.39, 0.29) is 23.5 Å². The summed E-state index contributed by atoms with van der Waals surface area (Å²) >= 11 is 0. The summed E-state index contributed by atoms with van der Waals surface area (Å²) in [5.74, 6) is -2.04. The lowest BCUT2D eigenvalue weighted by Gasteiger charge is -2.30. The maximum Gasteiger partial charge on any atom is 0.144 e. The summed E-state index contributed by atoms with van der Waals surface area (Å²) in [7, 11) is 0. The fourth-order valence-corrected chi connectivity index (χ4v) is 6.20. The van der Waals surface area contributed by atoms with E-state index in [1.165, 1.54) is 24.3 Å². The number of allylic oxidation sites excluding steroid dienone is 1. The highest BCUT2D eigenvalue weighted by Gasteiger charge is 2.27. The normalized spacial score (nSPS) is 24.0. The molecule has 6 heteroatoms. The summed E-state index contributed by atoms with van der Waals surface area (Å²) in [6.07, 6.45) is 13.1. The van der Waals surface area contributed by atoms with Crippen molar-refractivity contribution < 1.29 is 22.3 Å². The zero-order valence-corrected chi connectivity index (χ0v) is 22.1. The molecule has 0 bridgehead atoms. The highest BCUT2D eigenvalue weighted by molar-refractivity contribution is 5.36. The van der Waals surface area contributed by atoms with Crippen LogP contribution in [0.2, 0.25) is 0 Å². The van der Waals surface area contributed by atoms with Crippen LogP contribution in [0.25, 0.3) is 0 Å². The van der Waals surface area contributed by atoms with Gasteiger partial charge in [0.2, 0.25) is 0 Å². The van der Waals surface area contributed by atoms with Crippen LogP contribution in [0.1, 0.15) is 105 Å². The molecule has 0 N–H and O–H groups in total. The number of rotatable bonds is 9. The Morgan fingerprint density at radius 3 is 1.87 bits per heavy atom.